The van der Waals surface area contributed by atoms with Gasteiger partial charge in [-0.2, -0.15) is 16.7 Å². The summed E-state index contributed by atoms with van der Waals surface area (Å²) in [5.41, 5.74) is 5.49. The minimum absolute atomic E-state index is 0.388. The van der Waals surface area contributed by atoms with E-state index < -0.39 is 0 Å². The van der Waals surface area contributed by atoms with Crippen LogP contribution in [-0.2, 0) is 0 Å². The van der Waals surface area contributed by atoms with Gasteiger partial charge in [0, 0.05) is 23.6 Å². The minimum Gasteiger partial charge on any atom is -0.368 e. The van der Waals surface area contributed by atoms with Gasteiger partial charge in [0.1, 0.15) is 0 Å². The summed E-state index contributed by atoms with van der Waals surface area (Å²) >= 11 is 2.01. The Morgan fingerprint density at radius 3 is 2.57 bits per heavy atom. The van der Waals surface area contributed by atoms with Crippen molar-refractivity contribution in [1.82, 2.24) is 15.2 Å². The quantitative estimate of drug-likeness (QED) is 0.719. The molecule has 0 radical (unpaired) electrons. The lowest BCUT2D eigenvalue weighted by atomic mass is 10.3. The highest BCUT2D eigenvalue weighted by Crippen LogP contribution is 2.26. The number of nitrogen functional groups attached to an aromatic ring is 1. The number of rotatable bonds is 1. The summed E-state index contributed by atoms with van der Waals surface area (Å²) in [5.74, 6) is 1.11. The van der Waals surface area contributed by atoms with Gasteiger partial charge >= 0.3 is 0 Å². The van der Waals surface area contributed by atoms with Gasteiger partial charge in [0.2, 0.25) is 11.9 Å². The molecule has 0 spiro atoms. The second-order valence-electron chi connectivity index (χ2n) is 3.68. The Bertz CT molecular complexity index is 302. The van der Waals surface area contributed by atoms with Crippen LogP contribution < -0.4 is 10.6 Å². The van der Waals surface area contributed by atoms with Crippen molar-refractivity contribution in [3.63, 3.8) is 0 Å². The van der Waals surface area contributed by atoms with Gasteiger partial charge in [-0.15, -0.1) is 5.10 Å². The average Bonchev–Trinajstić information content (AvgIpc) is 2.50. The van der Waals surface area contributed by atoms with Crippen molar-refractivity contribution in [2.75, 3.05) is 23.7 Å². The number of nitrogens with two attached hydrogens (primary N) is 1. The summed E-state index contributed by atoms with van der Waals surface area (Å²) in [6, 6.07) is 0. The summed E-state index contributed by atoms with van der Waals surface area (Å²) in [6.45, 7) is 6.44. The first kappa shape index (κ1) is 9.64. The van der Waals surface area contributed by atoms with E-state index in [1.54, 1.807) is 0 Å². The van der Waals surface area contributed by atoms with Gasteiger partial charge in [0.15, 0.2) is 0 Å². The Morgan fingerprint density at radius 2 is 2.07 bits per heavy atom. The second-order valence-corrected chi connectivity index (χ2v) is 5.56. The average molecular weight is 213 g/mol. The molecule has 1 aliphatic rings. The first-order valence-electron chi connectivity index (χ1n) is 4.73. The molecule has 0 amide bonds. The Labute approximate surface area is 87.5 Å². The molecule has 0 saturated carbocycles. The zero-order chi connectivity index (χ0) is 10.1. The van der Waals surface area contributed by atoms with Gasteiger partial charge in [-0.1, -0.05) is 13.8 Å². The van der Waals surface area contributed by atoms with E-state index in [0.717, 1.165) is 19.0 Å². The molecule has 1 aromatic rings. The standard InChI is InChI=1S/C8H15N5S/c1-5-3-13(4-6(2)14-5)8-10-7(9)11-12-8/h5-6H,3-4H2,1-2H3,(H3,9,10,11,12). The molecule has 2 atom stereocenters. The fraction of sp³-hybridized carbons (Fsp3) is 0.750. The lowest BCUT2D eigenvalue weighted by molar-refractivity contribution is 0.708. The molecule has 0 aromatic carbocycles. The number of aromatic nitrogens is 3. The number of aromatic amines is 1. The van der Waals surface area contributed by atoms with Crippen LogP contribution in [0.25, 0.3) is 0 Å². The Balaban J connectivity index is 2.10. The molecule has 1 aromatic heterocycles. The van der Waals surface area contributed by atoms with Gasteiger partial charge in [0.25, 0.3) is 0 Å². The number of hydrogen-bond donors (Lipinski definition) is 2. The number of nitrogens with one attached hydrogen (secondary N) is 1. The number of H-pyrrole nitrogens is 1. The SMILES string of the molecule is CC1CN(c2n[nH]c(N)n2)CC(C)S1. The van der Waals surface area contributed by atoms with E-state index in [4.69, 9.17) is 5.73 Å². The fourth-order valence-electron chi connectivity index (χ4n) is 1.75. The van der Waals surface area contributed by atoms with Gasteiger partial charge in [0.05, 0.1) is 0 Å². The van der Waals surface area contributed by atoms with E-state index in [1.807, 2.05) is 11.8 Å². The number of hydrogen-bond acceptors (Lipinski definition) is 5. The van der Waals surface area contributed by atoms with Crippen molar-refractivity contribution >= 4 is 23.7 Å². The molecule has 1 aliphatic heterocycles. The molecule has 1 saturated heterocycles. The lowest BCUT2D eigenvalue weighted by Gasteiger charge is -2.33. The molecule has 0 bridgehead atoms. The number of nitrogens with zero attached hydrogens (tertiary/aromatic N) is 3. The van der Waals surface area contributed by atoms with E-state index in [2.05, 4.69) is 33.9 Å². The number of thioether (sulfide) groups is 1. The monoisotopic (exact) mass is 213 g/mol. The summed E-state index contributed by atoms with van der Waals surface area (Å²) in [7, 11) is 0. The molecule has 3 N–H and O–H groups in total. The lowest BCUT2D eigenvalue weighted by Crippen LogP contribution is -2.41. The maximum Gasteiger partial charge on any atom is 0.246 e. The highest BCUT2D eigenvalue weighted by Gasteiger charge is 2.24. The third kappa shape index (κ3) is 1.95. The maximum atomic E-state index is 5.49. The van der Waals surface area contributed by atoms with Crippen molar-refractivity contribution in [1.29, 1.82) is 0 Å². The highest BCUT2D eigenvalue weighted by atomic mass is 32.2. The summed E-state index contributed by atoms with van der Waals surface area (Å²) in [4.78, 5) is 6.31. The molecule has 78 valence electrons. The van der Waals surface area contributed by atoms with Crippen LogP contribution >= 0.6 is 11.8 Å². The van der Waals surface area contributed by atoms with E-state index in [0.29, 0.717) is 16.4 Å². The summed E-state index contributed by atoms with van der Waals surface area (Å²) in [5, 5.41) is 7.97. The van der Waals surface area contributed by atoms with Crippen LogP contribution in [0.1, 0.15) is 13.8 Å². The maximum absolute atomic E-state index is 5.49. The van der Waals surface area contributed by atoms with Crippen molar-refractivity contribution in [2.45, 2.75) is 24.3 Å². The van der Waals surface area contributed by atoms with Crippen LogP contribution in [-0.4, -0.2) is 38.8 Å². The molecule has 1 fully saturated rings. The van der Waals surface area contributed by atoms with Crippen molar-refractivity contribution in [3.8, 4) is 0 Å². The van der Waals surface area contributed by atoms with Crippen LogP contribution in [0.5, 0.6) is 0 Å². The predicted molar refractivity (Wildman–Crippen MR) is 59.5 cm³/mol. The van der Waals surface area contributed by atoms with Crippen LogP contribution in [0.15, 0.2) is 0 Å². The van der Waals surface area contributed by atoms with Gasteiger partial charge in [-0.05, 0) is 0 Å². The Morgan fingerprint density at radius 1 is 1.43 bits per heavy atom. The third-order valence-electron chi connectivity index (χ3n) is 2.19. The fourth-order valence-corrected chi connectivity index (χ4v) is 3.07. The molecular weight excluding hydrogens is 198 g/mol. The van der Waals surface area contributed by atoms with E-state index >= 15 is 0 Å². The summed E-state index contributed by atoms with van der Waals surface area (Å²) in [6.07, 6.45) is 0. The summed E-state index contributed by atoms with van der Waals surface area (Å²) < 4.78 is 0. The van der Waals surface area contributed by atoms with Crippen LogP contribution in [0.4, 0.5) is 11.9 Å². The molecule has 2 unspecified atom stereocenters. The molecule has 2 heterocycles. The first-order chi connectivity index (χ1) is 6.65. The van der Waals surface area contributed by atoms with Crippen LogP contribution in [0, 0.1) is 0 Å². The molecule has 6 heteroatoms. The minimum atomic E-state index is 0.388. The largest absolute Gasteiger partial charge is 0.368 e. The molecule has 14 heavy (non-hydrogen) atoms. The predicted octanol–water partition coefficient (Wildman–Crippen LogP) is 0.717. The normalized spacial score (nSPS) is 28.0. The first-order valence-corrected chi connectivity index (χ1v) is 5.67. The molecule has 5 nitrogen and oxygen atoms in total. The zero-order valence-corrected chi connectivity index (χ0v) is 9.21. The zero-order valence-electron chi connectivity index (χ0n) is 8.40. The van der Waals surface area contributed by atoms with Crippen molar-refractivity contribution in [2.24, 2.45) is 0 Å². The van der Waals surface area contributed by atoms with E-state index in [1.165, 1.54) is 0 Å². The number of anilines is 2. The third-order valence-corrected chi connectivity index (χ3v) is 3.42. The highest BCUT2D eigenvalue weighted by molar-refractivity contribution is 8.00. The van der Waals surface area contributed by atoms with E-state index in [9.17, 15) is 0 Å². The van der Waals surface area contributed by atoms with Crippen molar-refractivity contribution in [3.05, 3.63) is 0 Å². The Kier molecular flexibility index (Phi) is 2.54. The van der Waals surface area contributed by atoms with Gasteiger partial charge < -0.3 is 10.6 Å². The second kappa shape index (κ2) is 3.68. The molecule has 2 rings (SSSR count). The van der Waals surface area contributed by atoms with Crippen LogP contribution in [0.2, 0.25) is 0 Å². The van der Waals surface area contributed by atoms with E-state index in [-0.39, 0.29) is 0 Å². The smallest absolute Gasteiger partial charge is 0.246 e. The topological polar surface area (TPSA) is 70.8 Å². The van der Waals surface area contributed by atoms with Crippen LogP contribution in [0.3, 0.4) is 0 Å². The molecule has 0 aliphatic carbocycles. The van der Waals surface area contributed by atoms with Gasteiger partial charge in [-0.3, -0.25) is 0 Å². The van der Waals surface area contributed by atoms with Gasteiger partial charge in [-0.25, -0.2) is 5.10 Å². The molecular formula is C8H15N5S. The van der Waals surface area contributed by atoms with Crippen molar-refractivity contribution < 1.29 is 0 Å². The Hall–Kier alpha value is -0.910.